The first-order chi connectivity index (χ1) is 10.3. The minimum absolute atomic E-state index is 0.207. The molecule has 0 aliphatic rings. The van der Waals surface area contributed by atoms with Gasteiger partial charge in [-0.3, -0.25) is 0 Å². The molecule has 0 radical (unpaired) electrons. The van der Waals surface area contributed by atoms with Crippen LogP contribution in [0.2, 0.25) is 0 Å². The van der Waals surface area contributed by atoms with Crippen LogP contribution in [0.15, 0.2) is 54.6 Å². The molecule has 0 aliphatic heterocycles. The van der Waals surface area contributed by atoms with Gasteiger partial charge in [0.15, 0.2) is 0 Å². The predicted octanol–water partition coefficient (Wildman–Crippen LogP) is 2.62. The van der Waals surface area contributed by atoms with Gasteiger partial charge in [0.05, 0.1) is 18.8 Å². The maximum absolute atomic E-state index is 13.1. The number of aromatic nitrogens is 3. The molecule has 4 nitrogen and oxygen atoms in total. The molecule has 0 unspecified atom stereocenters. The molecule has 0 spiro atoms. The first-order valence-electron chi connectivity index (χ1n) is 6.61. The van der Waals surface area contributed by atoms with Crippen molar-refractivity contribution in [3.8, 4) is 11.3 Å². The van der Waals surface area contributed by atoms with Crippen LogP contribution in [0.5, 0.6) is 0 Å². The zero-order chi connectivity index (χ0) is 14.7. The van der Waals surface area contributed by atoms with E-state index in [2.05, 4.69) is 10.3 Å². The molecule has 2 aromatic carbocycles. The van der Waals surface area contributed by atoms with E-state index < -0.39 is 0 Å². The fourth-order valence-electron chi connectivity index (χ4n) is 2.25. The molecule has 0 amide bonds. The van der Waals surface area contributed by atoms with Crippen LogP contribution in [0, 0.1) is 5.82 Å². The summed E-state index contributed by atoms with van der Waals surface area (Å²) in [5.41, 5.74) is 3.05. The van der Waals surface area contributed by atoms with E-state index >= 15 is 0 Å². The Labute approximate surface area is 121 Å². The lowest BCUT2D eigenvalue weighted by Gasteiger charge is -2.08. The molecule has 106 valence electrons. The fourth-order valence-corrected chi connectivity index (χ4v) is 2.25. The highest BCUT2D eigenvalue weighted by molar-refractivity contribution is 5.61. The molecule has 3 rings (SSSR count). The average molecular weight is 283 g/mol. The summed E-state index contributed by atoms with van der Waals surface area (Å²) in [5, 5.41) is 17.5. The first-order valence-corrected chi connectivity index (χ1v) is 6.61. The molecular formula is C16H14FN3O. The highest BCUT2D eigenvalue weighted by atomic mass is 19.1. The van der Waals surface area contributed by atoms with E-state index in [9.17, 15) is 9.50 Å². The Balaban J connectivity index is 2.02. The Hall–Kier alpha value is -2.53. The van der Waals surface area contributed by atoms with Crippen LogP contribution in [-0.4, -0.2) is 20.1 Å². The van der Waals surface area contributed by atoms with Crippen LogP contribution in [0.1, 0.15) is 11.3 Å². The summed E-state index contributed by atoms with van der Waals surface area (Å²) >= 11 is 0. The van der Waals surface area contributed by atoms with Gasteiger partial charge in [-0.25, -0.2) is 9.07 Å². The number of hydrogen-bond acceptors (Lipinski definition) is 3. The van der Waals surface area contributed by atoms with Crippen molar-refractivity contribution >= 4 is 0 Å². The molecule has 5 heteroatoms. The van der Waals surface area contributed by atoms with Crippen molar-refractivity contribution in [3.05, 3.63) is 71.7 Å². The van der Waals surface area contributed by atoms with E-state index in [4.69, 9.17) is 0 Å². The van der Waals surface area contributed by atoms with Crippen LogP contribution in [-0.2, 0) is 13.2 Å². The second-order valence-corrected chi connectivity index (χ2v) is 4.69. The van der Waals surface area contributed by atoms with Crippen molar-refractivity contribution in [1.82, 2.24) is 15.0 Å². The minimum Gasteiger partial charge on any atom is -0.390 e. The smallest absolute Gasteiger partial charge is 0.123 e. The fraction of sp³-hybridized carbons (Fsp3) is 0.125. The summed E-state index contributed by atoms with van der Waals surface area (Å²) in [4.78, 5) is 0. The quantitative estimate of drug-likeness (QED) is 0.800. The largest absolute Gasteiger partial charge is 0.390 e. The van der Waals surface area contributed by atoms with Crippen LogP contribution in [0.3, 0.4) is 0 Å². The van der Waals surface area contributed by atoms with Gasteiger partial charge < -0.3 is 5.11 Å². The summed E-state index contributed by atoms with van der Waals surface area (Å²) < 4.78 is 14.8. The van der Waals surface area contributed by atoms with Gasteiger partial charge in [-0.15, -0.1) is 5.10 Å². The van der Waals surface area contributed by atoms with Gasteiger partial charge >= 0.3 is 0 Å². The third-order valence-corrected chi connectivity index (χ3v) is 3.25. The van der Waals surface area contributed by atoms with Crippen molar-refractivity contribution < 1.29 is 9.50 Å². The monoisotopic (exact) mass is 283 g/mol. The molecule has 1 heterocycles. The topological polar surface area (TPSA) is 50.9 Å². The Bertz CT molecular complexity index is 723. The van der Waals surface area contributed by atoms with Gasteiger partial charge in [-0.1, -0.05) is 35.5 Å². The van der Waals surface area contributed by atoms with E-state index in [1.807, 2.05) is 30.3 Å². The van der Waals surface area contributed by atoms with Gasteiger partial charge in [0, 0.05) is 5.56 Å². The van der Waals surface area contributed by atoms with E-state index in [1.165, 1.54) is 12.1 Å². The number of aliphatic hydroxyl groups excluding tert-OH is 1. The maximum atomic E-state index is 13.1. The zero-order valence-corrected chi connectivity index (χ0v) is 11.3. The highest BCUT2D eigenvalue weighted by Gasteiger charge is 2.14. The Morgan fingerprint density at radius 3 is 2.38 bits per heavy atom. The van der Waals surface area contributed by atoms with E-state index in [1.54, 1.807) is 16.8 Å². The molecule has 0 atom stereocenters. The Morgan fingerprint density at radius 2 is 1.71 bits per heavy atom. The number of hydrogen-bond donors (Lipinski definition) is 1. The molecule has 3 aromatic rings. The first kappa shape index (κ1) is 13.5. The van der Waals surface area contributed by atoms with Gasteiger partial charge in [0.2, 0.25) is 0 Å². The predicted molar refractivity (Wildman–Crippen MR) is 76.9 cm³/mol. The van der Waals surface area contributed by atoms with Crippen LogP contribution in [0.25, 0.3) is 11.3 Å². The molecule has 0 fully saturated rings. The molecular weight excluding hydrogens is 269 g/mol. The van der Waals surface area contributed by atoms with Crippen molar-refractivity contribution in [2.75, 3.05) is 0 Å². The number of benzene rings is 2. The number of nitrogens with zero attached hydrogens (tertiary/aromatic N) is 3. The normalized spacial score (nSPS) is 10.8. The maximum Gasteiger partial charge on any atom is 0.123 e. The summed E-state index contributed by atoms with van der Waals surface area (Å²) in [6.07, 6.45) is 0. The number of halogens is 1. The lowest BCUT2D eigenvalue weighted by molar-refractivity contribution is 0.277. The Kier molecular flexibility index (Phi) is 3.75. The second kappa shape index (κ2) is 5.85. The lowest BCUT2D eigenvalue weighted by Crippen LogP contribution is -2.04. The third-order valence-electron chi connectivity index (χ3n) is 3.25. The number of aliphatic hydroxyl groups is 1. The summed E-state index contributed by atoms with van der Waals surface area (Å²) in [6.45, 7) is 0.335. The average Bonchev–Trinajstić information content (AvgIpc) is 2.92. The van der Waals surface area contributed by atoms with E-state index in [0.717, 1.165) is 11.1 Å². The summed E-state index contributed by atoms with van der Waals surface area (Å²) in [7, 11) is 0. The Morgan fingerprint density at radius 1 is 1.00 bits per heavy atom. The third kappa shape index (κ3) is 2.83. The molecule has 0 bridgehead atoms. The van der Waals surface area contributed by atoms with Gasteiger partial charge in [-0.05, 0) is 29.8 Å². The van der Waals surface area contributed by atoms with Crippen molar-refractivity contribution in [2.24, 2.45) is 0 Å². The standard InChI is InChI=1S/C16H14FN3O/c17-14-8-6-13(7-9-14)16-15(11-21)18-19-20(16)10-12-4-2-1-3-5-12/h1-9,21H,10-11H2. The molecule has 0 saturated heterocycles. The van der Waals surface area contributed by atoms with E-state index in [-0.39, 0.29) is 12.4 Å². The number of rotatable bonds is 4. The van der Waals surface area contributed by atoms with E-state index in [0.29, 0.717) is 17.9 Å². The highest BCUT2D eigenvalue weighted by Crippen LogP contribution is 2.23. The SMILES string of the molecule is OCc1nnn(Cc2ccccc2)c1-c1ccc(F)cc1. The molecule has 0 aliphatic carbocycles. The molecule has 1 N–H and O–H groups in total. The van der Waals surface area contributed by atoms with Gasteiger partial charge in [0.1, 0.15) is 11.5 Å². The summed E-state index contributed by atoms with van der Waals surface area (Å²) in [5.74, 6) is -0.300. The van der Waals surface area contributed by atoms with Crippen LogP contribution >= 0.6 is 0 Å². The minimum atomic E-state index is -0.300. The lowest BCUT2D eigenvalue weighted by atomic mass is 10.1. The van der Waals surface area contributed by atoms with Crippen molar-refractivity contribution in [3.63, 3.8) is 0 Å². The molecule has 1 aromatic heterocycles. The van der Waals surface area contributed by atoms with Gasteiger partial charge in [-0.2, -0.15) is 0 Å². The molecule has 0 saturated carbocycles. The van der Waals surface area contributed by atoms with Crippen molar-refractivity contribution in [2.45, 2.75) is 13.2 Å². The van der Waals surface area contributed by atoms with Gasteiger partial charge in [0.25, 0.3) is 0 Å². The van der Waals surface area contributed by atoms with Crippen LogP contribution in [0.4, 0.5) is 4.39 Å². The van der Waals surface area contributed by atoms with Crippen molar-refractivity contribution in [1.29, 1.82) is 0 Å². The zero-order valence-electron chi connectivity index (χ0n) is 11.3. The summed E-state index contributed by atoms with van der Waals surface area (Å²) in [6, 6.07) is 15.9. The molecule has 21 heavy (non-hydrogen) atoms. The second-order valence-electron chi connectivity index (χ2n) is 4.69. The van der Waals surface area contributed by atoms with Crippen LogP contribution < -0.4 is 0 Å².